The highest BCUT2D eigenvalue weighted by molar-refractivity contribution is 5.93. The molecule has 3 heterocycles. The van der Waals surface area contributed by atoms with E-state index in [1.54, 1.807) is 0 Å². The van der Waals surface area contributed by atoms with Gasteiger partial charge >= 0.3 is 0 Å². The Balaban J connectivity index is 1.37. The number of hydrogen-bond donors (Lipinski definition) is 1. The molecule has 2 saturated heterocycles. The fourth-order valence-electron chi connectivity index (χ4n) is 3.67. The first-order chi connectivity index (χ1) is 12.7. The highest BCUT2D eigenvalue weighted by Crippen LogP contribution is 2.26. The first-order valence-electron chi connectivity index (χ1n) is 9.05. The van der Waals surface area contributed by atoms with Crippen LogP contribution in [0, 0.1) is 0 Å². The minimum absolute atomic E-state index is 0.00248. The third-order valence-corrected chi connectivity index (χ3v) is 5.10. The van der Waals surface area contributed by atoms with Gasteiger partial charge in [-0.1, -0.05) is 24.3 Å². The second kappa shape index (κ2) is 7.29. The standard InChI is InChI=1S/C19H23N5O2/c25-18-13-22(6-5-21-18)14-19(26)24-9-7-23(8-10-24)17-12-20-11-15-3-1-2-4-16(15)17/h1-4,11-12H,5-10,13-14H2,(H,21,25). The number of rotatable bonds is 3. The molecule has 0 aliphatic carbocycles. The Morgan fingerprint density at radius 2 is 1.88 bits per heavy atom. The Morgan fingerprint density at radius 3 is 2.69 bits per heavy atom. The number of carbonyl (C=O) groups excluding carboxylic acids is 2. The van der Waals surface area contributed by atoms with Crippen LogP contribution in [0.5, 0.6) is 0 Å². The predicted molar refractivity (Wildman–Crippen MR) is 100.0 cm³/mol. The van der Waals surface area contributed by atoms with Crippen molar-refractivity contribution in [1.29, 1.82) is 0 Å². The number of fused-ring (bicyclic) bond motifs is 1. The monoisotopic (exact) mass is 353 g/mol. The number of aromatic nitrogens is 1. The summed E-state index contributed by atoms with van der Waals surface area (Å²) in [5, 5.41) is 5.11. The van der Waals surface area contributed by atoms with E-state index in [9.17, 15) is 9.59 Å². The van der Waals surface area contributed by atoms with Gasteiger partial charge in [0.15, 0.2) is 0 Å². The lowest BCUT2D eigenvalue weighted by molar-refractivity contribution is -0.134. The molecule has 26 heavy (non-hydrogen) atoms. The normalized spacial score (nSPS) is 18.8. The van der Waals surface area contributed by atoms with E-state index in [0.717, 1.165) is 30.7 Å². The van der Waals surface area contributed by atoms with E-state index in [4.69, 9.17) is 0 Å². The number of amides is 2. The van der Waals surface area contributed by atoms with Crippen molar-refractivity contribution in [2.75, 3.05) is 57.3 Å². The van der Waals surface area contributed by atoms with E-state index in [2.05, 4.69) is 27.3 Å². The van der Waals surface area contributed by atoms with E-state index < -0.39 is 0 Å². The van der Waals surface area contributed by atoms with Gasteiger partial charge in [0.1, 0.15) is 0 Å². The van der Waals surface area contributed by atoms with Crippen LogP contribution in [0.1, 0.15) is 0 Å². The van der Waals surface area contributed by atoms with Gasteiger partial charge in [-0.2, -0.15) is 0 Å². The van der Waals surface area contributed by atoms with E-state index >= 15 is 0 Å². The van der Waals surface area contributed by atoms with Crippen molar-refractivity contribution in [1.82, 2.24) is 20.1 Å². The Kier molecular flexibility index (Phi) is 4.71. The maximum Gasteiger partial charge on any atom is 0.236 e. The van der Waals surface area contributed by atoms with E-state index in [1.807, 2.05) is 34.3 Å². The van der Waals surface area contributed by atoms with Crippen molar-refractivity contribution < 1.29 is 9.59 Å². The smallest absolute Gasteiger partial charge is 0.236 e. The third-order valence-electron chi connectivity index (χ3n) is 5.10. The van der Waals surface area contributed by atoms with Crippen molar-refractivity contribution in [3.05, 3.63) is 36.7 Å². The number of benzene rings is 1. The second-order valence-electron chi connectivity index (χ2n) is 6.81. The van der Waals surface area contributed by atoms with Crippen LogP contribution in [-0.4, -0.2) is 79.0 Å². The van der Waals surface area contributed by atoms with Crippen LogP contribution in [0.15, 0.2) is 36.7 Å². The molecule has 7 nitrogen and oxygen atoms in total. The Labute approximate surface area is 152 Å². The summed E-state index contributed by atoms with van der Waals surface area (Å²) in [4.78, 5) is 34.5. The maximum atomic E-state index is 12.6. The molecule has 0 saturated carbocycles. The van der Waals surface area contributed by atoms with Gasteiger partial charge in [0.25, 0.3) is 0 Å². The summed E-state index contributed by atoms with van der Waals surface area (Å²) in [6, 6.07) is 8.25. The van der Waals surface area contributed by atoms with Crippen molar-refractivity contribution in [2.24, 2.45) is 0 Å². The number of carbonyl (C=O) groups is 2. The quantitative estimate of drug-likeness (QED) is 0.860. The molecular formula is C19H23N5O2. The molecule has 0 radical (unpaired) electrons. The van der Waals surface area contributed by atoms with Crippen molar-refractivity contribution >= 4 is 28.3 Å². The van der Waals surface area contributed by atoms with Gasteiger partial charge in [-0.05, 0) is 0 Å². The molecule has 2 amide bonds. The van der Waals surface area contributed by atoms with Crippen LogP contribution in [-0.2, 0) is 9.59 Å². The number of nitrogens with zero attached hydrogens (tertiary/aromatic N) is 4. The summed E-state index contributed by atoms with van der Waals surface area (Å²) in [6.45, 7) is 4.97. The lowest BCUT2D eigenvalue weighted by Gasteiger charge is -2.37. The summed E-state index contributed by atoms with van der Waals surface area (Å²) in [5.74, 6) is 0.104. The number of hydrogen-bond acceptors (Lipinski definition) is 5. The zero-order chi connectivity index (χ0) is 17.9. The summed E-state index contributed by atoms with van der Waals surface area (Å²) >= 11 is 0. The summed E-state index contributed by atoms with van der Waals surface area (Å²) in [7, 11) is 0. The van der Waals surface area contributed by atoms with Crippen LogP contribution in [0.3, 0.4) is 0 Å². The van der Waals surface area contributed by atoms with Crippen LogP contribution in [0.2, 0.25) is 0 Å². The van der Waals surface area contributed by atoms with Gasteiger partial charge in [0.2, 0.25) is 11.8 Å². The molecule has 0 bridgehead atoms. The first-order valence-corrected chi connectivity index (χ1v) is 9.05. The molecule has 1 aromatic heterocycles. The SMILES string of the molecule is O=C1CN(CC(=O)N2CCN(c3cncc4ccccc34)CC2)CCN1. The fraction of sp³-hybridized carbons (Fsp3) is 0.421. The molecule has 4 rings (SSSR count). The average molecular weight is 353 g/mol. The largest absolute Gasteiger partial charge is 0.366 e. The average Bonchev–Trinajstić information content (AvgIpc) is 2.68. The molecule has 1 N–H and O–H groups in total. The Morgan fingerprint density at radius 1 is 1.08 bits per heavy atom. The lowest BCUT2D eigenvalue weighted by atomic mass is 10.1. The molecular weight excluding hydrogens is 330 g/mol. The minimum Gasteiger partial charge on any atom is -0.366 e. The van der Waals surface area contributed by atoms with E-state index in [1.165, 1.54) is 5.39 Å². The Bertz CT molecular complexity index is 811. The second-order valence-corrected chi connectivity index (χ2v) is 6.81. The van der Waals surface area contributed by atoms with Crippen LogP contribution < -0.4 is 10.2 Å². The lowest BCUT2D eigenvalue weighted by Crippen LogP contribution is -2.54. The number of piperazine rings is 2. The van der Waals surface area contributed by atoms with Crippen molar-refractivity contribution in [3.8, 4) is 0 Å². The summed E-state index contributed by atoms with van der Waals surface area (Å²) in [5.41, 5.74) is 1.13. The van der Waals surface area contributed by atoms with Crippen LogP contribution in [0.25, 0.3) is 10.8 Å². The predicted octanol–water partition coefficient (Wildman–Crippen LogP) is 0.315. The van der Waals surface area contributed by atoms with Gasteiger partial charge in [-0.3, -0.25) is 19.5 Å². The molecule has 0 atom stereocenters. The molecule has 2 aliphatic heterocycles. The summed E-state index contributed by atoms with van der Waals surface area (Å²) in [6.07, 6.45) is 3.79. The zero-order valence-corrected chi connectivity index (χ0v) is 14.7. The summed E-state index contributed by atoms with van der Waals surface area (Å²) < 4.78 is 0. The molecule has 2 aromatic rings. The van der Waals surface area contributed by atoms with Crippen molar-refractivity contribution in [2.45, 2.75) is 0 Å². The van der Waals surface area contributed by atoms with Crippen LogP contribution >= 0.6 is 0 Å². The zero-order valence-electron chi connectivity index (χ0n) is 14.7. The first kappa shape index (κ1) is 16.8. The molecule has 2 aliphatic rings. The maximum absolute atomic E-state index is 12.6. The highest BCUT2D eigenvalue weighted by Gasteiger charge is 2.25. The van der Waals surface area contributed by atoms with Crippen LogP contribution in [0.4, 0.5) is 5.69 Å². The highest BCUT2D eigenvalue weighted by atomic mass is 16.2. The molecule has 136 valence electrons. The number of anilines is 1. The van der Waals surface area contributed by atoms with Gasteiger partial charge in [0, 0.05) is 56.2 Å². The molecule has 7 heteroatoms. The Hall–Kier alpha value is -2.67. The van der Waals surface area contributed by atoms with Gasteiger partial charge in [-0.25, -0.2) is 0 Å². The fourth-order valence-corrected chi connectivity index (χ4v) is 3.67. The van der Waals surface area contributed by atoms with Gasteiger partial charge in [-0.15, -0.1) is 0 Å². The van der Waals surface area contributed by atoms with Gasteiger partial charge in [0.05, 0.1) is 25.0 Å². The molecule has 0 unspecified atom stereocenters. The number of pyridine rings is 1. The molecule has 1 aromatic carbocycles. The van der Waals surface area contributed by atoms with E-state index in [-0.39, 0.29) is 11.8 Å². The minimum atomic E-state index is -0.00248. The molecule has 0 spiro atoms. The molecule has 2 fully saturated rings. The number of nitrogens with one attached hydrogen (secondary N) is 1. The van der Waals surface area contributed by atoms with E-state index in [0.29, 0.717) is 32.7 Å². The topological polar surface area (TPSA) is 68.8 Å². The third kappa shape index (κ3) is 3.48. The van der Waals surface area contributed by atoms with Crippen molar-refractivity contribution in [3.63, 3.8) is 0 Å². The van der Waals surface area contributed by atoms with Gasteiger partial charge < -0.3 is 15.1 Å².